The number of hydrogen-bond acceptors (Lipinski definition) is 0. The van der Waals surface area contributed by atoms with Gasteiger partial charge < -0.3 is 0 Å². The Balaban J connectivity index is 2.85. The van der Waals surface area contributed by atoms with Crippen molar-refractivity contribution in [3.63, 3.8) is 0 Å². The second kappa shape index (κ2) is 2.82. The van der Waals surface area contributed by atoms with Gasteiger partial charge in [0.25, 0.3) is 0 Å². The zero-order valence-electron chi connectivity index (χ0n) is 2.74. The molecule has 0 aliphatic heterocycles. The first kappa shape index (κ1) is 5.60. The monoisotopic (exact) mass is 175 g/mol. The Morgan fingerprint density at radius 3 is 2.20 bits per heavy atom. The standard InChI is InChI=1S/C2H2B2I/c1-2(3)4-5/h1H2. The first-order chi connectivity index (χ1) is 2.27. The summed E-state index contributed by atoms with van der Waals surface area (Å²) in [5, 5.41) is 2.34. The Labute approximate surface area is 47.5 Å². The first-order valence-electron chi connectivity index (χ1n) is 1.15. The van der Waals surface area contributed by atoms with Crippen LogP contribution in [0.4, 0.5) is 0 Å². The van der Waals surface area contributed by atoms with Crippen molar-refractivity contribution in [3.8, 4) is 0 Å². The van der Waals surface area contributed by atoms with Crippen LogP contribution in [-0.4, -0.2) is 13.0 Å². The van der Waals surface area contributed by atoms with E-state index in [2.05, 4.69) is 6.58 Å². The van der Waals surface area contributed by atoms with E-state index >= 15 is 0 Å². The van der Waals surface area contributed by atoms with E-state index in [0.717, 1.165) is 0 Å². The van der Waals surface area contributed by atoms with E-state index in [1.165, 1.54) is 0 Å². The quantitative estimate of drug-likeness (QED) is 0.405. The van der Waals surface area contributed by atoms with Crippen molar-refractivity contribution in [2.45, 2.75) is 0 Å². The molecule has 0 N–H and O–H groups in total. The molecule has 0 spiro atoms. The van der Waals surface area contributed by atoms with E-state index in [9.17, 15) is 0 Å². The van der Waals surface area contributed by atoms with Crippen LogP contribution in [0, 0.1) is 0 Å². The highest BCUT2D eigenvalue weighted by molar-refractivity contribution is 14.1. The van der Waals surface area contributed by atoms with Crippen molar-refractivity contribution in [1.29, 1.82) is 0 Å². The SMILES string of the molecule is [B]C(=C)[B]I. The molecule has 23 valence electrons. The molecule has 0 aliphatic rings. The fourth-order valence-electron chi connectivity index (χ4n) is 0. The Hall–Kier alpha value is 0.600. The lowest BCUT2D eigenvalue weighted by Gasteiger charge is -1.74. The van der Waals surface area contributed by atoms with E-state index < -0.39 is 0 Å². The zero-order valence-corrected chi connectivity index (χ0v) is 4.90. The van der Waals surface area contributed by atoms with E-state index in [0.29, 0.717) is 5.37 Å². The second-order valence-electron chi connectivity index (χ2n) is 0.684. The van der Waals surface area contributed by atoms with Gasteiger partial charge in [0.2, 0.25) is 5.14 Å². The molecule has 0 amide bonds. The summed E-state index contributed by atoms with van der Waals surface area (Å²) in [5.74, 6) is 0. The molecule has 3 radical (unpaired) electrons. The fourth-order valence-corrected chi connectivity index (χ4v) is 0. The van der Waals surface area contributed by atoms with E-state index in [1.807, 2.05) is 22.4 Å². The Morgan fingerprint density at radius 2 is 2.20 bits per heavy atom. The molecular weight excluding hydrogens is 173 g/mol. The minimum Gasteiger partial charge on any atom is -0.153 e. The summed E-state index contributed by atoms with van der Waals surface area (Å²) in [4.78, 5) is 0. The maximum absolute atomic E-state index is 5.03. The van der Waals surface area contributed by atoms with Gasteiger partial charge in [0.05, 0.1) is 7.85 Å². The highest BCUT2D eigenvalue weighted by Crippen LogP contribution is 1.81. The summed E-state index contributed by atoms with van der Waals surface area (Å²) in [5.41, 5.74) is 0. The van der Waals surface area contributed by atoms with Crippen LogP contribution in [0.2, 0.25) is 0 Å². The minimum absolute atomic E-state index is 0.616. The molecule has 0 aliphatic carbocycles. The van der Waals surface area contributed by atoms with Crippen LogP contribution >= 0.6 is 22.4 Å². The molecule has 0 aromatic rings. The highest BCUT2D eigenvalue weighted by Gasteiger charge is 1.74. The lowest BCUT2D eigenvalue weighted by molar-refractivity contribution is 2.44. The van der Waals surface area contributed by atoms with Crippen molar-refractivity contribution >= 4 is 35.4 Å². The summed E-state index contributed by atoms with van der Waals surface area (Å²) in [6, 6.07) is 0. The zero-order chi connectivity index (χ0) is 4.28. The van der Waals surface area contributed by atoms with Gasteiger partial charge in [0.1, 0.15) is 0 Å². The van der Waals surface area contributed by atoms with E-state index in [1.54, 1.807) is 5.14 Å². The van der Waals surface area contributed by atoms with Crippen molar-refractivity contribution < 1.29 is 0 Å². The van der Waals surface area contributed by atoms with Gasteiger partial charge in [0.15, 0.2) is 0 Å². The van der Waals surface area contributed by atoms with Crippen LogP contribution in [0.25, 0.3) is 0 Å². The smallest absolute Gasteiger partial charge is 0.153 e. The summed E-state index contributed by atoms with van der Waals surface area (Å²) in [6.45, 7) is 3.39. The molecule has 0 heterocycles. The van der Waals surface area contributed by atoms with E-state index in [-0.39, 0.29) is 0 Å². The van der Waals surface area contributed by atoms with Crippen LogP contribution in [0.15, 0.2) is 12.0 Å². The first-order valence-corrected chi connectivity index (χ1v) is 2.39. The topological polar surface area (TPSA) is 0 Å². The van der Waals surface area contributed by atoms with Gasteiger partial charge in [-0.05, 0) is 0 Å². The summed E-state index contributed by atoms with van der Waals surface area (Å²) >= 11 is 2.03. The van der Waals surface area contributed by atoms with Crippen LogP contribution < -0.4 is 0 Å². The molecule has 0 fully saturated rings. The van der Waals surface area contributed by atoms with Gasteiger partial charge in [0, 0.05) is 0 Å². The third kappa shape index (κ3) is 4.60. The molecule has 5 heavy (non-hydrogen) atoms. The molecule has 0 atom stereocenters. The van der Waals surface area contributed by atoms with Crippen molar-refractivity contribution in [1.82, 2.24) is 0 Å². The number of halogens is 1. The molecule has 3 heteroatoms. The fraction of sp³-hybridized carbons (Fsp3) is 0. The summed E-state index contributed by atoms with van der Waals surface area (Å²) in [7, 11) is 5.03. The number of rotatable bonds is 1. The predicted octanol–water partition coefficient (Wildman–Crippen LogP) is 0.680. The molecular formula is C2H2B2I. The normalized spacial score (nSPS) is 6.60. The van der Waals surface area contributed by atoms with Gasteiger partial charge in [-0.25, -0.2) is 0 Å². The minimum atomic E-state index is 0.616. The Bertz CT molecular complexity index is 42.9. The third-order valence-electron chi connectivity index (χ3n) is 0.140. The molecule has 0 saturated carbocycles. The van der Waals surface area contributed by atoms with Crippen LogP contribution in [-0.2, 0) is 0 Å². The summed E-state index contributed by atoms with van der Waals surface area (Å²) < 4.78 is 0. The molecule has 0 unspecified atom stereocenters. The van der Waals surface area contributed by atoms with Crippen molar-refractivity contribution in [3.05, 3.63) is 12.0 Å². The maximum Gasteiger partial charge on any atom is 0.221 e. The van der Waals surface area contributed by atoms with Crippen molar-refractivity contribution in [2.75, 3.05) is 0 Å². The maximum atomic E-state index is 5.03. The van der Waals surface area contributed by atoms with Gasteiger partial charge in [-0.15, -0.1) is 12.0 Å². The highest BCUT2D eigenvalue weighted by atomic mass is 127. The Morgan fingerprint density at radius 1 is 2.00 bits per heavy atom. The second-order valence-corrected chi connectivity index (χ2v) is 1.31. The third-order valence-corrected chi connectivity index (χ3v) is 0.940. The average Bonchev–Trinajstić information content (AvgIpc) is 1.38. The molecule has 0 bridgehead atoms. The van der Waals surface area contributed by atoms with E-state index in [4.69, 9.17) is 7.85 Å². The van der Waals surface area contributed by atoms with Gasteiger partial charge in [-0.2, -0.15) is 22.4 Å². The average molecular weight is 175 g/mol. The summed E-state index contributed by atoms with van der Waals surface area (Å²) in [6.07, 6.45) is 0. The van der Waals surface area contributed by atoms with Gasteiger partial charge in [-0.1, -0.05) is 0 Å². The molecule has 0 aromatic heterocycles. The van der Waals surface area contributed by atoms with Crippen LogP contribution in [0.5, 0.6) is 0 Å². The van der Waals surface area contributed by atoms with Crippen LogP contribution in [0.1, 0.15) is 0 Å². The van der Waals surface area contributed by atoms with Gasteiger partial charge >= 0.3 is 0 Å². The number of hydrogen-bond donors (Lipinski definition) is 0. The van der Waals surface area contributed by atoms with Crippen molar-refractivity contribution in [2.24, 2.45) is 0 Å². The molecule has 0 aromatic carbocycles. The van der Waals surface area contributed by atoms with Gasteiger partial charge in [-0.3, -0.25) is 0 Å². The molecule has 0 nitrogen and oxygen atoms in total. The van der Waals surface area contributed by atoms with Crippen LogP contribution in [0.3, 0.4) is 0 Å². The molecule has 0 rings (SSSR count). The predicted molar refractivity (Wildman–Crippen MR) is 34.7 cm³/mol. The lowest BCUT2D eigenvalue weighted by Crippen LogP contribution is -1.78. The Kier molecular flexibility index (Phi) is 3.16. The molecule has 0 saturated heterocycles. The largest absolute Gasteiger partial charge is 0.221 e. The lowest BCUT2D eigenvalue weighted by atomic mass is 9.80.